The number of amides is 1. The zero-order chi connectivity index (χ0) is 24.1. The lowest BCUT2D eigenvalue weighted by Crippen LogP contribution is -2.38. The maximum Gasteiger partial charge on any atom is 0.287 e. The second-order valence-corrected chi connectivity index (χ2v) is 8.26. The summed E-state index contributed by atoms with van der Waals surface area (Å²) in [5.41, 5.74) is 15.5. The molecule has 3 aromatic carbocycles. The molecule has 0 saturated carbocycles. The van der Waals surface area contributed by atoms with Crippen molar-refractivity contribution in [3.63, 3.8) is 0 Å². The minimum absolute atomic E-state index is 0. The van der Waals surface area contributed by atoms with Crippen LogP contribution in [-0.2, 0) is 6.54 Å². The summed E-state index contributed by atoms with van der Waals surface area (Å²) in [6.07, 6.45) is 1.50. The van der Waals surface area contributed by atoms with Crippen molar-refractivity contribution >= 4 is 29.3 Å². The van der Waals surface area contributed by atoms with Gasteiger partial charge in [0.2, 0.25) is 0 Å². The van der Waals surface area contributed by atoms with Gasteiger partial charge in [0, 0.05) is 19.1 Å². The molecule has 1 amide bonds. The Morgan fingerprint density at radius 3 is 2.26 bits per heavy atom. The maximum absolute atomic E-state index is 13.4. The smallest absolute Gasteiger partial charge is 0.287 e. The first-order valence-electron chi connectivity index (χ1n) is 11.2. The second-order valence-electron chi connectivity index (χ2n) is 8.26. The molecule has 0 aliphatic carbocycles. The predicted molar refractivity (Wildman–Crippen MR) is 136 cm³/mol. The first-order valence-corrected chi connectivity index (χ1v) is 11.2. The van der Waals surface area contributed by atoms with Gasteiger partial charge >= 0.3 is 0 Å². The van der Waals surface area contributed by atoms with Crippen molar-refractivity contribution in [3.8, 4) is 11.1 Å². The third kappa shape index (κ3) is 6.42. The van der Waals surface area contributed by atoms with E-state index >= 15 is 0 Å². The highest BCUT2D eigenvalue weighted by Crippen LogP contribution is 2.26. The Kier molecular flexibility index (Phi) is 8.92. The van der Waals surface area contributed by atoms with E-state index in [1.807, 2.05) is 18.2 Å². The van der Waals surface area contributed by atoms with Crippen LogP contribution in [0.25, 0.3) is 22.2 Å². The van der Waals surface area contributed by atoms with Gasteiger partial charge in [-0.05, 0) is 72.5 Å². The molecule has 0 spiro atoms. The Morgan fingerprint density at radius 1 is 0.971 bits per heavy atom. The number of carbonyl (C=O) groups is 1. The molecule has 0 fully saturated rings. The quantitative estimate of drug-likeness (QED) is 0.320. The zero-order valence-electron chi connectivity index (χ0n) is 19.1. The summed E-state index contributed by atoms with van der Waals surface area (Å²) in [6.45, 7) is 1.19. The zero-order valence-corrected chi connectivity index (χ0v) is 19.9. The lowest BCUT2D eigenvalue weighted by atomic mass is 10.1. The van der Waals surface area contributed by atoms with Crippen LogP contribution in [0.2, 0.25) is 0 Å². The molecule has 9 heteroatoms. The summed E-state index contributed by atoms with van der Waals surface area (Å²) in [6, 6.07) is 17.8. The minimum Gasteiger partial charge on any atom is -0.348 e. The third-order valence-electron chi connectivity index (χ3n) is 5.69. The Morgan fingerprint density at radius 2 is 1.60 bits per heavy atom. The molecule has 5 N–H and O–H groups in total. The standard InChI is InChI=1S/C26H27F2N5O.ClH/c27-20-8-3-17(4-9-20)16-33-24-12-7-19(18-5-10-21(28)11-6-18)14-23(24)32-25(33)26(34)31-15-22(30)2-1-13-29;/h3-12,14,22H,1-2,13,15-16,29-30H2,(H,31,34);1H. The van der Waals surface area contributed by atoms with Crippen LogP contribution in [0.5, 0.6) is 0 Å². The number of imidazole rings is 1. The number of carbonyl (C=O) groups excluding carboxylic acids is 1. The van der Waals surface area contributed by atoms with Crippen LogP contribution in [0.15, 0.2) is 66.7 Å². The molecule has 4 rings (SSSR count). The molecule has 0 saturated heterocycles. The van der Waals surface area contributed by atoms with Crippen molar-refractivity contribution < 1.29 is 13.6 Å². The molecule has 4 aromatic rings. The fraction of sp³-hybridized carbons (Fsp3) is 0.231. The van der Waals surface area contributed by atoms with Gasteiger partial charge in [0.1, 0.15) is 11.6 Å². The highest BCUT2D eigenvalue weighted by molar-refractivity contribution is 5.95. The van der Waals surface area contributed by atoms with Crippen molar-refractivity contribution in [2.24, 2.45) is 11.5 Å². The topological polar surface area (TPSA) is 99.0 Å². The number of nitrogens with one attached hydrogen (secondary N) is 1. The molecular formula is C26H28ClF2N5O. The molecule has 184 valence electrons. The first-order chi connectivity index (χ1) is 16.4. The highest BCUT2D eigenvalue weighted by atomic mass is 35.5. The van der Waals surface area contributed by atoms with E-state index < -0.39 is 0 Å². The van der Waals surface area contributed by atoms with Crippen molar-refractivity contribution in [2.75, 3.05) is 13.1 Å². The van der Waals surface area contributed by atoms with Gasteiger partial charge in [-0.3, -0.25) is 4.79 Å². The number of benzene rings is 3. The van der Waals surface area contributed by atoms with E-state index in [-0.39, 0.29) is 41.8 Å². The van der Waals surface area contributed by atoms with Gasteiger partial charge in [-0.25, -0.2) is 13.8 Å². The molecular weight excluding hydrogens is 472 g/mol. The van der Waals surface area contributed by atoms with Gasteiger partial charge < -0.3 is 21.4 Å². The fourth-order valence-electron chi connectivity index (χ4n) is 3.84. The van der Waals surface area contributed by atoms with E-state index in [2.05, 4.69) is 10.3 Å². The van der Waals surface area contributed by atoms with Gasteiger partial charge in [0.05, 0.1) is 11.0 Å². The second kappa shape index (κ2) is 11.9. The molecule has 1 aromatic heterocycles. The summed E-state index contributed by atoms with van der Waals surface area (Å²) >= 11 is 0. The van der Waals surface area contributed by atoms with Crippen LogP contribution < -0.4 is 16.8 Å². The molecule has 0 bridgehead atoms. The molecule has 0 aliphatic heterocycles. The first kappa shape index (κ1) is 26.3. The highest BCUT2D eigenvalue weighted by Gasteiger charge is 2.19. The molecule has 1 atom stereocenters. The van der Waals surface area contributed by atoms with Crippen LogP contribution >= 0.6 is 12.4 Å². The molecule has 6 nitrogen and oxygen atoms in total. The SMILES string of the molecule is Cl.NCCCC(N)CNC(=O)c1nc2cc(-c3ccc(F)cc3)ccc2n1Cc1ccc(F)cc1. The van der Waals surface area contributed by atoms with E-state index in [0.29, 0.717) is 31.6 Å². The monoisotopic (exact) mass is 499 g/mol. The van der Waals surface area contributed by atoms with Gasteiger partial charge in [-0.2, -0.15) is 0 Å². The summed E-state index contributed by atoms with van der Waals surface area (Å²) in [7, 11) is 0. The van der Waals surface area contributed by atoms with Crippen LogP contribution in [0.1, 0.15) is 29.0 Å². The average Bonchev–Trinajstić information content (AvgIpc) is 3.20. The predicted octanol–water partition coefficient (Wildman–Crippen LogP) is 4.25. The van der Waals surface area contributed by atoms with Crippen LogP contribution in [-0.4, -0.2) is 34.6 Å². The Balaban J connectivity index is 0.00000342. The number of nitrogens with zero attached hydrogens (tertiary/aromatic N) is 2. The average molecular weight is 500 g/mol. The Hall–Kier alpha value is -3.33. The van der Waals surface area contributed by atoms with E-state index in [9.17, 15) is 13.6 Å². The largest absolute Gasteiger partial charge is 0.348 e. The lowest BCUT2D eigenvalue weighted by molar-refractivity contribution is 0.0937. The fourth-order valence-corrected chi connectivity index (χ4v) is 3.84. The third-order valence-corrected chi connectivity index (χ3v) is 5.69. The number of nitrogens with two attached hydrogens (primary N) is 2. The minimum atomic E-state index is -0.343. The lowest BCUT2D eigenvalue weighted by Gasteiger charge is -2.13. The molecule has 0 aliphatic rings. The summed E-state index contributed by atoms with van der Waals surface area (Å²) < 4.78 is 28.5. The molecule has 1 heterocycles. The molecule has 1 unspecified atom stereocenters. The maximum atomic E-state index is 13.4. The van der Waals surface area contributed by atoms with E-state index in [1.165, 1.54) is 24.3 Å². The van der Waals surface area contributed by atoms with Gasteiger partial charge in [0.25, 0.3) is 5.91 Å². The summed E-state index contributed by atoms with van der Waals surface area (Å²) in [5, 5.41) is 2.87. The Labute approximate surface area is 208 Å². The van der Waals surface area contributed by atoms with Crippen LogP contribution in [0.3, 0.4) is 0 Å². The number of hydrogen-bond acceptors (Lipinski definition) is 4. The van der Waals surface area contributed by atoms with Crippen molar-refractivity contribution in [1.82, 2.24) is 14.9 Å². The normalized spacial score (nSPS) is 11.8. The van der Waals surface area contributed by atoms with Crippen molar-refractivity contribution in [1.29, 1.82) is 0 Å². The number of rotatable bonds is 9. The van der Waals surface area contributed by atoms with Crippen LogP contribution in [0, 0.1) is 11.6 Å². The number of halogens is 3. The van der Waals surface area contributed by atoms with Crippen molar-refractivity contribution in [3.05, 3.63) is 89.8 Å². The molecule has 0 radical (unpaired) electrons. The van der Waals surface area contributed by atoms with Crippen molar-refractivity contribution in [2.45, 2.75) is 25.4 Å². The van der Waals surface area contributed by atoms with Crippen LogP contribution in [0.4, 0.5) is 8.78 Å². The number of hydrogen-bond donors (Lipinski definition) is 3. The van der Waals surface area contributed by atoms with Gasteiger partial charge in [0.15, 0.2) is 5.82 Å². The molecule has 35 heavy (non-hydrogen) atoms. The van der Waals surface area contributed by atoms with Gasteiger partial charge in [-0.15, -0.1) is 12.4 Å². The Bertz CT molecular complexity index is 1280. The van der Waals surface area contributed by atoms with E-state index in [4.69, 9.17) is 11.5 Å². The van der Waals surface area contributed by atoms with E-state index in [1.54, 1.807) is 28.8 Å². The number of aromatic nitrogens is 2. The van der Waals surface area contributed by atoms with Gasteiger partial charge in [-0.1, -0.05) is 30.3 Å². The number of fused-ring (bicyclic) bond motifs is 1. The summed E-state index contributed by atoms with van der Waals surface area (Å²) in [4.78, 5) is 17.7. The summed E-state index contributed by atoms with van der Waals surface area (Å²) in [5.74, 6) is -0.740. The van der Waals surface area contributed by atoms with E-state index in [0.717, 1.165) is 28.6 Å².